The van der Waals surface area contributed by atoms with E-state index in [0.717, 1.165) is 35.4 Å². The summed E-state index contributed by atoms with van der Waals surface area (Å²) in [7, 11) is 3.74. The third-order valence-corrected chi connectivity index (χ3v) is 5.05. The number of nitrogens with one attached hydrogen (secondary N) is 2. The third kappa shape index (κ3) is 7.12. The molecule has 0 saturated heterocycles. The molecule has 0 atom stereocenters. The first-order chi connectivity index (χ1) is 13.3. The van der Waals surface area contributed by atoms with Crippen molar-refractivity contribution in [2.24, 2.45) is 4.99 Å². The Morgan fingerprint density at radius 2 is 2.00 bits per heavy atom. The van der Waals surface area contributed by atoms with E-state index < -0.39 is 11.9 Å². The first-order valence-corrected chi connectivity index (χ1v) is 9.92. The standard InChI is InChI=1S/C19H26F3N5S/c1-4-27(3)12-15-7-5-6-14(10-15)11-25-18(23-2)24-9-8-17-26-16(13-28-17)19(20,21)22/h5-7,10,13H,4,8-9,11-12H2,1-3H3,(H2,23,24,25). The van der Waals surface area contributed by atoms with Gasteiger partial charge in [-0.05, 0) is 24.7 Å². The molecule has 2 rings (SSSR count). The highest BCUT2D eigenvalue weighted by molar-refractivity contribution is 7.09. The summed E-state index contributed by atoms with van der Waals surface area (Å²) >= 11 is 1.02. The van der Waals surface area contributed by atoms with Gasteiger partial charge in [-0.3, -0.25) is 4.99 Å². The maximum absolute atomic E-state index is 12.6. The summed E-state index contributed by atoms with van der Waals surface area (Å²) in [6, 6.07) is 8.34. The van der Waals surface area contributed by atoms with Crippen LogP contribution < -0.4 is 10.6 Å². The first kappa shape index (κ1) is 22.2. The molecule has 154 valence electrons. The summed E-state index contributed by atoms with van der Waals surface area (Å²) in [6.45, 7) is 5.06. The molecule has 0 amide bonds. The van der Waals surface area contributed by atoms with Gasteiger partial charge in [-0.1, -0.05) is 31.2 Å². The van der Waals surface area contributed by atoms with Crippen LogP contribution in [0.25, 0.3) is 0 Å². The Bertz CT molecular complexity index is 773. The number of nitrogens with zero attached hydrogens (tertiary/aromatic N) is 3. The Hall–Kier alpha value is -2.13. The van der Waals surface area contributed by atoms with Gasteiger partial charge in [-0.2, -0.15) is 13.2 Å². The number of benzene rings is 1. The van der Waals surface area contributed by atoms with Crippen LogP contribution in [0.3, 0.4) is 0 Å². The molecule has 0 radical (unpaired) electrons. The van der Waals surface area contributed by atoms with Crippen molar-refractivity contribution < 1.29 is 13.2 Å². The molecule has 0 aliphatic rings. The quantitative estimate of drug-likeness (QED) is 0.514. The molecule has 1 heterocycles. The highest BCUT2D eigenvalue weighted by atomic mass is 32.1. The first-order valence-electron chi connectivity index (χ1n) is 9.04. The molecule has 1 aromatic carbocycles. The monoisotopic (exact) mass is 413 g/mol. The van der Waals surface area contributed by atoms with Crippen molar-refractivity contribution in [3.8, 4) is 0 Å². The lowest BCUT2D eigenvalue weighted by Gasteiger charge is -2.15. The van der Waals surface area contributed by atoms with E-state index in [-0.39, 0.29) is 0 Å². The van der Waals surface area contributed by atoms with Crippen LogP contribution in [0.4, 0.5) is 13.2 Å². The number of hydrogen-bond acceptors (Lipinski definition) is 4. The lowest BCUT2D eigenvalue weighted by atomic mass is 10.1. The van der Waals surface area contributed by atoms with Crippen molar-refractivity contribution in [2.45, 2.75) is 32.6 Å². The lowest BCUT2D eigenvalue weighted by molar-refractivity contribution is -0.140. The number of aliphatic imine (C=N–C) groups is 1. The maximum atomic E-state index is 12.6. The van der Waals surface area contributed by atoms with Crippen LogP contribution >= 0.6 is 11.3 Å². The summed E-state index contributed by atoms with van der Waals surface area (Å²) in [6.07, 6.45) is -3.99. The molecule has 2 aromatic rings. The van der Waals surface area contributed by atoms with Crippen molar-refractivity contribution in [1.29, 1.82) is 0 Å². The summed E-state index contributed by atoms with van der Waals surface area (Å²) in [5.41, 5.74) is 1.55. The minimum Gasteiger partial charge on any atom is -0.356 e. The van der Waals surface area contributed by atoms with E-state index in [1.165, 1.54) is 5.56 Å². The fourth-order valence-electron chi connectivity index (χ4n) is 2.51. The van der Waals surface area contributed by atoms with Crippen LogP contribution in [0.1, 0.15) is 28.8 Å². The molecule has 28 heavy (non-hydrogen) atoms. The van der Waals surface area contributed by atoms with Crippen LogP contribution in [0.15, 0.2) is 34.6 Å². The van der Waals surface area contributed by atoms with Gasteiger partial charge in [0.05, 0.1) is 5.01 Å². The Kier molecular flexibility index (Phi) is 8.25. The molecule has 0 spiro atoms. The number of aromatic nitrogens is 1. The number of guanidine groups is 1. The third-order valence-electron chi connectivity index (χ3n) is 4.14. The lowest BCUT2D eigenvalue weighted by Crippen LogP contribution is -2.37. The molecule has 9 heteroatoms. The minimum atomic E-state index is -4.39. The van der Waals surface area contributed by atoms with Gasteiger partial charge in [0.2, 0.25) is 0 Å². The highest BCUT2D eigenvalue weighted by Crippen LogP contribution is 2.29. The molecule has 0 bridgehead atoms. The second-order valence-corrected chi connectivity index (χ2v) is 7.32. The van der Waals surface area contributed by atoms with E-state index in [1.807, 2.05) is 12.1 Å². The Morgan fingerprint density at radius 3 is 2.64 bits per heavy atom. The molecule has 0 fully saturated rings. The highest BCUT2D eigenvalue weighted by Gasteiger charge is 2.33. The SMILES string of the molecule is CCN(C)Cc1cccc(CNC(=NC)NCCc2nc(C(F)(F)F)cs2)c1. The number of halogens is 3. The maximum Gasteiger partial charge on any atom is 0.434 e. The second-order valence-electron chi connectivity index (χ2n) is 6.38. The largest absolute Gasteiger partial charge is 0.434 e. The molecular formula is C19H26F3N5S. The molecule has 0 aliphatic carbocycles. The molecule has 0 aliphatic heterocycles. The smallest absolute Gasteiger partial charge is 0.356 e. The van der Waals surface area contributed by atoms with Crippen LogP contribution in [0.5, 0.6) is 0 Å². The van der Waals surface area contributed by atoms with Gasteiger partial charge in [0, 0.05) is 38.5 Å². The molecule has 1 aromatic heterocycles. The minimum absolute atomic E-state index is 0.403. The van der Waals surface area contributed by atoms with Gasteiger partial charge in [0.1, 0.15) is 0 Å². The van der Waals surface area contributed by atoms with Gasteiger partial charge in [-0.15, -0.1) is 11.3 Å². The van der Waals surface area contributed by atoms with E-state index in [0.29, 0.717) is 30.5 Å². The van der Waals surface area contributed by atoms with Crippen molar-refractivity contribution >= 4 is 17.3 Å². The number of alkyl halides is 3. The van der Waals surface area contributed by atoms with Crippen molar-refractivity contribution in [3.05, 3.63) is 51.5 Å². The summed E-state index contributed by atoms with van der Waals surface area (Å²) in [5, 5.41) is 7.83. The topological polar surface area (TPSA) is 52.5 Å². The van der Waals surface area contributed by atoms with Crippen LogP contribution in [-0.2, 0) is 25.7 Å². The fraction of sp³-hybridized carbons (Fsp3) is 0.474. The summed E-state index contributed by atoms with van der Waals surface area (Å²) in [4.78, 5) is 10.0. The fourth-order valence-corrected chi connectivity index (χ4v) is 3.32. The average Bonchev–Trinajstić information content (AvgIpc) is 3.14. The normalized spacial score (nSPS) is 12.5. The zero-order chi connectivity index (χ0) is 20.6. The Morgan fingerprint density at radius 1 is 1.25 bits per heavy atom. The molecule has 5 nitrogen and oxygen atoms in total. The molecular weight excluding hydrogens is 387 g/mol. The van der Waals surface area contributed by atoms with E-state index in [1.54, 1.807) is 7.05 Å². The van der Waals surface area contributed by atoms with Crippen LogP contribution in [0, 0.1) is 0 Å². The number of thiazole rings is 1. The van der Waals surface area contributed by atoms with Gasteiger partial charge in [0.15, 0.2) is 11.7 Å². The summed E-state index contributed by atoms with van der Waals surface area (Å²) in [5.74, 6) is 0.601. The predicted octanol–water partition coefficient (Wildman–Crippen LogP) is 3.52. The molecule has 0 unspecified atom stereocenters. The molecule has 2 N–H and O–H groups in total. The zero-order valence-electron chi connectivity index (χ0n) is 16.3. The van der Waals surface area contributed by atoms with Gasteiger partial charge in [-0.25, -0.2) is 4.98 Å². The van der Waals surface area contributed by atoms with Gasteiger partial charge >= 0.3 is 6.18 Å². The van der Waals surface area contributed by atoms with E-state index in [2.05, 4.69) is 51.6 Å². The number of rotatable bonds is 8. The van der Waals surface area contributed by atoms with Crippen LogP contribution in [0.2, 0.25) is 0 Å². The van der Waals surface area contributed by atoms with E-state index in [9.17, 15) is 13.2 Å². The van der Waals surface area contributed by atoms with Crippen molar-refractivity contribution in [3.63, 3.8) is 0 Å². The van der Waals surface area contributed by atoms with Gasteiger partial charge < -0.3 is 15.5 Å². The zero-order valence-corrected chi connectivity index (χ0v) is 17.1. The molecule has 0 saturated carbocycles. The van der Waals surface area contributed by atoms with E-state index >= 15 is 0 Å². The Labute approximate surface area is 167 Å². The predicted molar refractivity (Wildman–Crippen MR) is 107 cm³/mol. The van der Waals surface area contributed by atoms with Crippen LogP contribution in [-0.4, -0.2) is 43.0 Å². The Balaban J connectivity index is 1.80. The van der Waals surface area contributed by atoms with E-state index in [4.69, 9.17) is 0 Å². The van der Waals surface area contributed by atoms with Crippen molar-refractivity contribution in [1.82, 2.24) is 20.5 Å². The second kappa shape index (κ2) is 10.4. The average molecular weight is 414 g/mol. The number of hydrogen-bond donors (Lipinski definition) is 2. The van der Waals surface area contributed by atoms with Crippen molar-refractivity contribution in [2.75, 3.05) is 27.2 Å². The summed E-state index contributed by atoms with van der Waals surface area (Å²) < 4.78 is 37.7. The van der Waals surface area contributed by atoms with Gasteiger partial charge in [0.25, 0.3) is 0 Å².